The van der Waals surface area contributed by atoms with E-state index >= 15 is 0 Å². The Morgan fingerprint density at radius 3 is 2.43 bits per heavy atom. The molecule has 0 spiro atoms. The molecule has 0 bridgehead atoms. The van der Waals surface area contributed by atoms with Crippen molar-refractivity contribution < 1.29 is 13.5 Å². The standard InChI is InChI=1S/C16H20F2N2O/c1-12-19-9-10-20(12)14-8-6-5-7-13(14)11-21-16(17,18)15(2,3)4/h5-10H,11H2,1-4H3. The van der Waals surface area contributed by atoms with E-state index in [9.17, 15) is 8.78 Å². The largest absolute Gasteiger partial charge is 0.360 e. The lowest BCUT2D eigenvalue weighted by Crippen LogP contribution is -2.36. The van der Waals surface area contributed by atoms with E-state index in [4.69, 9.17) is 4.74 Å². The van der Waals surface area contributed by atoms with Gasteiger partial charge in [-0.25, -0.2) is 4.98 Å². The molecular formula is C16H20F2N2O. The molecule has 1 aromatic carbocycles. The molecule has 0 radical (unpaired) electrons. The lowest BCUT2D eigenvalue weighted by Gasteiger charge is -2.30. The maximum Gasteiger partial charge on any atom is 0.360 e. The Kier molecular flexibility index (Phi) is 4.14. The highest BCUT2D eigenvalue weighted by Crippen LogP contribution is 2.37. The van der Waals surface area contributed by atoms with Gasteiger partial charge in [0.1, 0.15) is 5.82 Å². The number of halogens is 2. The summed E-state index contributed by atoms with van der Waals surface area (Å²) in [7, 11) is 0. The summed E-state index contributed by atoms with van der Waals surface area (Å²) in [6.45, 7) is 6.08. The molecular weight excluding hydrogens is 274 g/mol. The molecule has 2 aromatic rings. The maximum atomic E-state index is 13.9. The van der Waals surface area contributed by atoms with Crippen molar-refractivity contribution in [2.75, 3.05) is 0 Å². The second kappa shape index (κ2) is 5.56. The van der Waals surface area contributed by atoms with Crippen molar-refractivity contribution in [2.45, 2.75) is 40.4 Å². The molecule has 0 aliphatic rings. The Bertz CT molecular complexity index is 615. The molecule has 0 N–H and O–H groups in total. The molecule has 2 rings (SSSR count). The predicted molar refractivity (Wildman–Crippen MR) is 77.5 cm³/mol. The van der Waals surface area contributed by atoms with Gasteiger partial charge in [0.15, 0.2) is 0 Å². The summed E-state index contributed by atoms with van der Waals surface area (Å²) in [6, 6.07) is 7.32. The van der Waals surface area contributed by atoms with Gasteiger partial charge in [-0.05, 0) is 13.0 Å². The Balaban J connectivity index is 2.25. The highest BCUT2D eigenvalue weighted by molar-refractivity contribution is 5.41. The molecule has 0 fully saturated rings. The van der Waals surface area contributed by atoms with Gasteiger partial charge < -0.3 is 9.30 Å². The number of imidazole rings is 1. The fraction of sp³-hybridized carbons (Fsp3) is 0.438. The zero-order valence-corrected chi connectivity index (χ0v) is 12.7. The first kappa shape index (κ1) is 15.6. The summed E-state index contributed by atoms with van der Waals surface area (Å²) in [5.74, 6) is 0.796. The summed E-state index contributed by atoms with van der Waals surface area (Å²) in [5.41, 5.74) is 0.257. The third-order valence-electron chi connectivity index (χ3n) is 3.36. The first-order valence-electron chi connectivity index (χ1n) is 6.82. The Hall–Kier alpha value is -1.75. The van der Waals surface area contributed by atoms with Crippen LogP contribution in [0.3, 0.4) is 0 Å². The van der Waals surface area contributed by atoms with Gasteiger partial charge in [-0.15, -0.1) is 0 Å². The quantitative estimate of drug-likeness (QED) is 0.839. The van der Waals surface area contributed by atoms with Crippen molar-refractivity contribution in [3.05, 3.63) is 48.0 Å². The molecule has 1 heterocycles. The van der Waals surface area contributed by atoms with Crippen LogP contribution >= 0.6 is 0 Å². The summed E-state index contributed by atoms with van der Waals surface area (Å²) < 4.78 is 34.6. The van der Waals surface area contributed by atoms with Gasteiger partial charge in [0.2, 0.25) is 0 Å². The SMILES string of the molecule is Cc1nccn1-c1ccccc1COC(F)(F)C(C)(C)C. The highest BCUT2D eigenvalue weighted by Gasteiger charge is 2.44. The number of nitrogens with zero attached hydrogens (tertiary/aromatic N) is 2. The van der Waals surface area contributed by atoms with Gasteiger partial charge in [-0.3, -0.25) is 0 Å². The zero-order valence-electron chi connectivity index (χ0n) is 12.7. The van der Waals surface area contributed by atoms with Crippen LogP contribution in [0, 0.1) is 12.3 Å². The van der Waals surface area contributed by atoms with E-state index in [1.54, 1.807) is 18.5 Å². The van der Waals surface area contributed by atoms with Crippen LogP contribution in [0.25, 0.3) is 5.69 Å². The predicted octanol–water partition coefficient (Wildman–Crippen LogP) is 4.34. The topological polar surface area (TPSA) is 27.1 Å². The first-order valence-corrected chi connectivity index (χ1v) is 6.82. The van der Waals surface area contributed by atoms with E-state index in [1.807, 2.05) is 29.7 Å². The van der Waals surface area contributed by atoms with Crippen LogP contribution < -0.4 is 0 Å². The molecule has 114 valence electrons. The smallest absolute Gasteiger partial charge is 0.315 e. The summed E-state index contributed by atoms with van der Waals surface area (Å²) >= 11 is 0. The first-order chi connectivity index (χ1) is 9.72. The number of hydrogen-bond donors (Lipinski definition) is 0. The average molecular weight is 294 g/mol. The van der Waals surface area contributed by atoms with Crippen LogP contribution in [-0.2, 0) is 11.3 Å². The second-order valence-corrected chi connectivity index (χ2v) is 6.03. The summed E-state index contributed by atoms with van der Waals surface area (Å²) in [6.07, 6.45) is 0.289. The van der Waals surface area contributed by atoms with Crippen LogP contribution in [0.1, 0.15) is 32.2 Å². The molecule has 1 aromatic heterocycles. The van der Waals surface area contributed by atoms with Crippen LogP contribution in [0.4, 0.5) is 8.78 Å². The van der Waals surface area contributed by atoms with E-state index in [1.165, 1.54) is 20.8 Å². The van der Waals surface area contributed by atoms with Crippen LogP contribution in [0.15, 0.2) is 36.7 Å². The second-order valence-electron chi connectivity index (χ2n) is 6.03. The number of hydrogen-bond acceptors (Lipinski definition) is 2. The van der Waals surface area contributed by atoms with Gasteiger partial charge in [0.05, 0.1) is 17.7 Å². The molecule has 0 unspecified atom stereocenters. The van der Waals surface area contributed by atoms with Crippen molar-refractivity contribution in [1.29, 1.82) is 0 Å². The maximum absolute atomic E-state index is 13.9. The number of para-hydroxylation sites is 1. The molecule has 0 saturated carbocycles. The molecule has 21 heavy (non-hydrogen) atoms. The minimum Gasteiger partial charge on any atom is -0.315 e. The van der Waals surface area contributed by atoms with Gasteiger partial charge >= 0.3 is 6.11 Å². The Labute approximate surface area is 123 Å². The monoisotopic (exact) mass is 294 g/mol. The summed E-state index contributed by atoms with van der Waals surface area (Å²) in [5, 5.41) is 0. The molecule has 0 atom stereocenters. The third-order valence-corrected chi connectivity index (χ3v) is 3.36. The number of aromatic nitrogens is 2. The average Bonchev–Trinajstić information content (AvgIpc) is 2.81. The van der Waals surface area contributed by atoms with E-state index in [0.29, 0.717) is 5.56 Å². The summed E-state index contributed by atoms with van der Waals surface area (Å²) in [4.78, 5) is 4.16. The molecule has 3 nitrogen and oxygen atoms in total. The molecule has 0 amide bonds. The van der Waals surface area contributed by atoms with Gasteiger partial charge in [-0.1, -0.05) is 39.0 Å². The molecule has 0 aliphatic carbocycles. The third kappa shape index (κ3) is 3.29. The van der Waals surface area contributed by atoms with Crippen molar-refractivity contribution in [3.8, 4) is 5.69 Å². The van der Waals surface area contributed by atoms with E-state index in [-0.39, 0.29) is 6.61 Å². The zero-order chi connectivity index (χ0) is 15.7. The normalized spacial score (nSPS) is 12.7. The van der Waals surface area contributed by atoms with E-state index < -0.39 is 11.5 Å². The van der Waals surface area contributed by atoms with Crippen molar-refractivity contribution in [1.82, 2.24) is 9.55 Å². The van der Waals surface area contributed by atoms with Crippen LogP contribution in [0.5, 0.6) is 0 Å². The number of alkyl halides is 2. The van der Waals surface area contributed by atoms with Crippen molar-refractivity contribution >= 4 is 0 Å². The van der Waals surface area contributed by atoms with Gasteiger partial charge in [0.25, 0.3) is 0 Å². The lowest BCUT2D eigenvalue weighted by atomic mass is 9.95. The van der Waals surface area contributed by atoms with Crippen molar-refractivity contribution in [2.24, 2.45) is 5.41 Å². The van der Waals surface area contributed by atoms with Gasteiger partial charge in [-0.2, -0.15) is 8.78 Å². The lowest BCUT2D eigenvalue weighted by molar-refractivity contribution is -0.300. The Morgan fingerprint density at radius 1 is 1.19 bits per heavy atom. The molecule has 0 aliphatic heterocycles. The fourth-order valence-corrected chi connectivity index (χ4v) is 1.89. The van der Waals surface area contributed by atoms with Crippen LogP contribution in [0.2, 0.25) is 0 Å². The number of rotatable bonds is 4. The van der Waals surface area contributed by atoms with Crippen LogP contribution in [-0.4, -0.2) is 15.7 Å². The molecule has 0 saturated heterocycles. The Morgan fingerprint density at radius 2 is 1.86 bits per heavy atom. The molecule has 5 heteroatoms. The van der Waals surface area contributed by atoms with E-state index in [2.05, 4.69) is 4.98 Å². The fourth-order valence-electron chi connectivity index (χ4n) is 1.89. The van der Waals surface area contributed by atoms with Gasteiger partial charge in [0, 0.05) is 18.0 Å². The number of benzene rings is 1. The number of aryl methyl sites for hydroxylation is 1. The highest BCUT2D eigenvalue weighted by atomic mass is 19.3. The number of ether oxygens (including phenoxy) is 1. The minimum atomic E-state index is -3.19. The minimum absolute atomic E-state index is 0.155. The van der Waals surface area contributed by atoms with Crippen molar-refractivity contribution in [3.63, 3.8) is 0 Å². The van der Waals surface area contributed by atoms with E-state index in [0.717, 1.165) is 11.5 Å².